The summed E-state index contributed by atoms with van der Waals surface area (Å²) in [6.45, 7) is 2.44. The van der Waals surface area contributed by atoms with Gasteiger partial charge in [0.1, 0.15) is 22.4 Å². The van der Waals surface area contributed by atoms with Gasteiger partial charge in [-0.15, -0.1) is 11.3 Å². The summed E-state index contributed by atoms with van der Waals surface area (Å²) < 4.78 is 11.3. The molecule has 6 heteroatoms. The van der Waals surface area contributed by atoms with Gasteiger partial charge in [-0.2, -0.15) is 5.26 Å². The molecular formula is C27H18N2O3S. The quantitative estimate of drug-likeness (QED) is 0.173. The Hall–Kier alpha value is -4.21. The lowest BCUT2D eigenvalue weighted by molar-refractivity contribution is 0.339. The number of nitrogens with zero attached hydrogens (tertiary/aromatic N) is 2. The summed E-state index contributed by atoms with van der Waals surface area (Å²) in [5.74, 6) is 0.701. The van der Waals surface area contributed by atoms with Crippen LogP contribution in [0.15, 0.2) is 81.3 Å². The molecule has 0 amide bonds. The van der Waals surface area contributed by atoms with Crippen molar-refractivity contribution in [3.8, 4) is 23.1 Å². The number of ether oxygens (including phenoxy) is 1. The number of allylic oxidation sites excluding steroid dienone is 1. The lowest BCUT2D eigenvalue weighted by Crippen LogP contribution is -2.03. The second-order valence-electron chi connectivity index (χ2n) is 7.32. The molecule has 0 saturated heterocycles. The molecule has 0 aliphatic rings. The normalized spacial score (nSPS) is 11.6. The maximum atomic E-state index is 12.7. The Morgan fingerprint density at radius 3 is 2.79 bits per heavy atom. The first kappa shape index (κ1) is 20.7. The van der Waals surface area contributed by atoms with Crippen LogP contribution < -0.4 is 10.4 Å². The van der Waals surface area contributed by atoms with Crippen molar-refractivity contribution in [2.24, 2.45) is 0 Å². The monoisotopic (exact) mass is 450 g/mol. The number of hydrogen-bond acceptors (Lipinski definition) is 6. The van der Waals surface area contributed by atoms with Crippen molar-refractivity contribution in [2.45, 2.75) is 6.92 Å². The van der Waals surface area contributed by atoms with E-state index in [0.29, 0.717) is 39.8 Å². The average molecular weight is 451 g/mol. The molecule has 0 bridgehead atoms. The molecule has 0 atom stereocenters. The lowest BCUT2D eigenvalue weighted by Gasteiger charge is -2.06. The van der Waals surface area contributed by atoms with Crippen LogP contribution in [0.1, 0.15) is 17.5 Å². The summed E-state index contributed by atoms with van der Waals surface area (Å²) in [6, 6.07) is 23.3. The van der Waals surface area contributed by atoms with Crippen molar-refractivity contribution in [1.29, 1.82) is 5.26 Å². The molecule has 3 aromatic carbocycles. The minimum atomic E-state index is -0.459. The van der Waals surface area contributed by atoms with E-state index in [1.54, 1.807) is 11.5 Å². The van der Waals surface area contributed by atoms with Crippen molar-refractivity contribution < 1.29 is 9.15 Å². The first-order valence-corrected chi connectivity index (χ1v) is 11.3. The zero-order valence-electron chi connectivity index (χ0n) is 17.7. The van der Waals surface area contributed by atoms with Gasteiger partial charge in [0, 0.05) is 16.3 Å². The maximum Gasteiger partial charge on any atom is 0.345 e. The summed E-state index contributed by atoms with van der Waals surface area (Å²) in [5, 5.41) is 15.0. The van der Waals surface area contributed by atoms with Crippen LogP contribution in [0.4, 0.5) is 0 Å². The number of para-hydroxylation sites is 1. The first-order valence-electron chi connectivity index (χ1n) is 10.4. The molecule has 0 aliphatic carbocycles. The van der Waals surface area contributed by atoms with E-state index in [2.05, 4.69) is 11.1 Å². The summed E-state index contributed by atoms with van der Waals surface area (Å²) in [7, 11) is 0. The summed E-state index contributed by atoms with van der Waals surface area (Å²) in [6.07, 6.45) is 1.75. The topological polar surface area (TPSA) is 76.1 Å². The molecule has 0 aliphatic heterocycles. The van der Waals surface area contributed by atoms with Crippen LogP contribution in [-0.4, -0.2) is 11.6 Å². The lowest BCUT2D eigenvalue weighted by atomic mass is 10.0. The third kappa shape index (κ3) is 3.91. The van der Waals surface area contributed by atoms with Gasteiger partial charge >= 0.3 is 5.63 Å². The summed E-state index contributed by atoms with van der Waals surface area (Å²) in [5.41, 5.74) is 2.12. The van der Waals surface area contributed by atoms with Crippen LogP contribution in [0, 0.1) is 11.3 Å². The van der Waals surface area contributed by atoms with Gasteiger partial charge in [-0.05, 0) is 42.0 Å². The van der Waals surface area contributed by atoms with Crippen LogP contribution >= 0.6 is 11.3 Å². The molecule has 0 radical (unpaired) electrons. The van der Waals surface area contributed by atoms with E-state index in [1.165, 1.54) is 11.3 Å². The highest BCUT2D eigenvalue weighted by molar-refractivity contribution is 7.11. The molecule has 2 aromatic heterocycles. The fourth-order valence-electron chi connectivity index (χ4n) is 3.76. The Labute approximate surface area is 193 Å². The molecule has 5 nitrogen and oxygen atoms in total. The molecule has 0 spiro atoms. The fourth-order valence-corrected chi connectivity index (χ4v) is 4.54. The van der Waals surface area contributed by atoms with Crippen LogP contribution in [0.25, 0.3) is 44.6 Å². The SMILES string of the molecule is CCOc1ccccc1C=C(C#N)c1nc(-c2cc3c(ccc4ccccc43)oc2=O)cs1. The van der Waals surface area contributed by atoms with E-state index < -0.39 is 5.63 Å². The Balaban J connectivity index is 1.60. The predicted molar refractivity (Wildman–Crippen MR) is 132 cm³/mol. The molecule has 0 N–H and O–H groups in total. The zero-order chi connectivity index (χ0) is 22.8. The number of benzene rings is 3. The van der Waals surface area contributed by atoms with Gasteiger partial charge in [-0.25, -0.2) is 9.78 Å². The van der Waals surface area contributed by atoms with Gasteiger partial charge in [0.05, 0.1) is 23.4 Å². The summed E-state index contributed by atoms with van der Waals surface area (Å²) >= 11 is 1.31. The average Bonchev–Trinajstić information content (AvgIpc) is 3.33. The minimum absolute atomic E-state index is 0.369. The number of thiazole rings is 1. The van der Waals surface area contributed by atoms with Crippen molar-refractivity contribution in [2.75, 3.05) is 6.61 Å². The molecule has 5 aromatic rings. The van der Waals surface area contributed by atoms with E-state index in [9.17, 15) is 10.1 Å². The molecule has 0 fully saturated rings. The van der Waals surface area contributed by atoms with E-state index in [1.807, 2.05) is 73.7 Å². The van der Waals surface area contributed by atoms with Crippen molar-refractivity contribution in [1.82, 2.24) is 4.98 Å². The number of rotatable bonds is 5. The third-order valence-corrected chi connectivity index (χ3v) is 6.17. The predicted octanol–water partition coefficient (Wildman–Crippen LogP) is 6.53. The highest BCUT2D eigenvalue weighted by Crippen LogP contribution is 2.31. The number of nitriles is 1. The number of aromatic nitrogens is 1. The van der Waals surface area contributed by atoms with Gasteiger partial charge in [0.2, 0.25) is 0 Å². The highest BCUT2D eigenvalue weighted by atomic mass is 32.1. The largest absolute Gasteiger partial charge is 0.493 e. The fraction of sp³-hybridized carbons (Fsp3) is 0.0741. The smallest absolute Gasteiger partial charge is 0.345 e. The molecule has 33 heavy (non-hydrogen) atoms. The van der Waals surface area contributed by atoms with E-state index >= 15 is 0 Å². The Morgan fingerprint density at radius 1 is 1.12 bits per heavy atom. The highest BCUT2D eigenvalue weighted by Gasteiger charge is 2.15. The Morgan fingerprint density at radius 2 is 1.94 bits per heavy atom. The van der Waals surface area contributed by atoms with Gasteiger partial charge in [-0.3, -0.25) is 0 Å². The van der Waals surface area contributed by atoms with Crippen LogP contribution in [-0.2, 0) is 0 Å². The second kappa shape index (κ2) is 8.73. The third-order valence-electron chi connectivity index (χ3n) is 5.29. The van der Waals surface area contributed by atoms with Crippen LogP contribution in [0.3, 0.4) is 0 Å². The Bertz CT molecular complexity index is 1620. The first-order chi connectivity index (χ1) is 16.2. The Kier molecular flexibility index (Phi) is 5.47. The van der Waals surface area contributed by atoms with E-state index in [4.69, 9.17) is 9.15 Å². The van der Waals surface area contributed by atoms with Crippen LogP contribution in [0.5, 0.6) is 5.75 Å². The molecule has 2 heterocycles. The molecule has 5 rings (SSSR count). The van der Waals surface area contributed by atoms with E-state index in [-0.39, 0.29) is 0 Å². The van der Waals surface area contributed by atoms with Crippen molar-refractivity contribution in [3.63, 3.8) is 0 Å². The van der Waals surface area contributed by atoms with Gasteiger partial charge in [-0.1, -0.05) is 48.5 Å². The molecule has 160 valence electrons. The zero-order valence-corrected chi connectivity index (χ0v) is 18.6. The van der Waals surface area contributed by atoms with Crippen molar-refractivity contribution >= 4 is 44.7 Å². The van der Waals surface area contributed by atoms with E-state index in [0.717, 1.165) is 21.7 Å². The second-order valence-corrected chi connectivity index (χ2v) is 8.18. The van der Waals surface area contributed by atoms with Gasteiger partial charge in [0.25, 0.3) is 0 Å². The van der Waals surface area contributed by atoms with Gasteiger partial charge in [0.15, 0.2) is 0 Å². The standard InChI is InChI=1S/C27H18N2O3S/c1-2-31-24-10-6-4-8-18(24)13-19(15-28)26-29-23(16-33-26)22-14-21-20-9-5-3-7-17(20)11-12-25(21)32-27(22)30/h3-14,16H,2H2,1H3. The maximum absolute atomic E-state index is 12.7. The number of hydrogen-bond donors (Lipinski definition) is 0. The molecule has 0 unspecified atom stereocenters. The minimum Gasteiger partial charge on any atom is -0.493 e. The molecular weight excluding hydrogens is 432 g/mol. The van der Waals surface area contributed by atoms with Crippen molar-refractivity contribution in [3.05, 3.63) is 93.1 Å². The number of fused-ring (bicyclic) bond motifs is 3. The molecule has 0 saturated carbocycles. The summed E-state index contributed by atoms with van der Waals surface area (Å²) in [4.78, 5) is 17.3. The van der Waals surface area contributed by atoms with Crippen LogP contribution in [0.2, 0.25) is 0 Å². The van der Waals surface area contributed by atoms with Gasteiger partial charge < -0.3 is 9.15 Å².